The third kappa shape index (κ3) is 1.88. The van der Waals surface area contributed by atoms with Crippen molar-refractivity contribution in [3.8, 4) is 6.07 Å². The third-order valence-electron chi connectivity index (χ3n) is 4.17. The van der Waals surface area contributed by atoms with Gasteiger partial charge in [-0.15, -0.1) is 0 Å². The van der Waals surface area contributed by atoms with Crippen LogP contribution in [-0.2, 0) is 7.05 Å². The van der Waals surface area contributed by atoms with Crippen LogP contribution < -0.4 is 10.2 Å². The zero-order valence-corrected chi connectivity index (χ0v) is 12.2. The molecular weight excluding hydrogens is 264 g/mol. The molecule has 1 aliphatic rings. The van der Waals surface area contributed by atoms with Gasteiger partial charge in [-0.05, 0) is 25.1 Å². The number of benzene rings is 1. The largest absolute Gasteiger partial charge is 0.350 e. The molecule has 0 saturated heterocycles. The maximum absolute atomic E-state index is 12.3. The Morgan fingerprint density at radius 1 is 1.29 bits per heavy atom. The molecule has 5 heteroatoms. The molecule has 5 nitrogen and oxygen atoms in total. The second-order valence-corrected chi connectivity index (χ2v) is 5.25. The number of amides is 1. The van der Waals surface area contributed by atoms with Crippen molar-refractivity contribution in [1.82, 2.24) is 9.88 Å². The Labute approximate surface area is 123 Å². The monoisotopic (exact) mass is 280 g/mol. The quantitative estimate of drug-likeness (QED) is 0.870. The second-order valence-electron chi connectivity index (χ2n) is 5.25. The van der Waals surface area contributed by atoms with Crippen LogP contribution in [0.25, 0.3) is 0 Å². The summed E-state index contributed by atoms with van der Waals surface area (Å²) in [6, 6.07) is 11.5. The fraction of sp³-hybridized carbons (Fsp3) is 0.250. The smallest absolute Gasteiger partial charge is 0.255 e. The molecule has 0 bridgehead atoms. The zero-order chi connectivity index (χ0) is 15.1. The number of nitrogens with zero attached hydrogens (tertiary/aromatic N) is 3. The van der Waals surface area contributed by atoms with Gasteiger partial charge in [0.05, 0.1) is 11.3 Å². The van der Waals surface area contributed by atoms with E-state index >= 15 is 0 Å². The van der Waals surface area contributed by atoms with Crippen LogP contribution in [0.4, 0.5) is 5.69 Å². The van der Waals surface area contributed by atoms with E-state index in [9.17, 15) is 4.79 Å². The van der Waals surface area contributed by atoms with E-state index in [1.807, 2.05) is 60.8 Å². The van der Waals surface area contributed by atoms with Crippen molar-refractivity contribution < 1.29 is 4.79 Å². The first-order valence-corrected chi connectivity index (χ1v) is 6.73. The molecule has 1 aromatic heterocycles. The molecule has 1 amide bonds. The Hall–Kier alpha value is -2.74. The molecule has 0 spiro atoms. The molecule has 0 aliphatic carbocycles. The Kier molecular flexibility index (Phi) is 2.95. The van der Waals surface area contributed by atoms with E-state index in [0.29, 0.717) is 11.3 Å². The number of nitriles is 1. The topological polar surface area (TPSA) is 61.1 Å². The summed E-state index contributed by atoms with van der Waals surface area (Å²) in [4.78, 5) is 14.3. The molecule has 1 aromatic carbocycles. The van der Waals surface area contributed by atoms with Gasteiger partial charge in [0.25, 0.3) is 5.91 Å². The van der Waals surface area contributed by atoms with Gasteiger partial charge in [0, 0.05) is 25.4 Å². The number of aromatic nitrogens is 1. The number of carbonyl (C=O) groups is 1. The molecular formula is C16H16N4O. The number of para-hydroxylation sites is 1. The predicted molar refractivity (Wildman–Crippen MR) is 79.9 cm³/mol. The normalized spacial score (nSPS) is 17.1. The molecule has 106 valence electrons. The van der Waals surface area contributed by atoms with Gasteiger partial charge < -0.3 is 14.8 Å². The summed E-state index contributed by atoms with van der Waals surface area (Å²) < 4.78 is 1.84. The van der Waals surface area contributed by atoms with Gasteiger partial charge in [-0.25, -0.2) is 0 Å². The van der Waals surface area contributed by atoms with Gasteiger partial charge >= 0.3 is 0 Å². The Balaban J connectivity index is 2.10. The number of fused-ring (bicyclic) bond motifs is 1. The number of nitrogens with one attached hydrogen (secondary N) is 1. The molecule has 21 heavy (non-hydrogen) atoms. The van der Waals surface area contributed by atoms with Crippen molar-refractivity contribution >= 4 is 11.6 Å². The first kappa shape index (κ1) is 13.3. The van der Waals surface area contributed by atoms with Gasteiger partial charge in [-0.2, -0.15) is 5.26 Å². The summed E-state index contributed by atoms with van der Waals surface area (Å²) in [6.07, 6.45) is -0.263. The van der Waals surface area contributed by atoms with E-state index in [4.69, 9.17) is 5.26 Å². The molecule has 1 aliphatic heterocycles. The van der Waals surface area contributed by atoms with E-state index in [1.54, 1.807) is 0 Å². The van der Waals surface area contributed by atoms with Gasteiger partial charge in [-0.1, -0.05) is 12.1 Å². The Bertz CT molecular complexity index is 769. The molecule has 0 saturated carbocycles. The van der Waals surface area contributed by atoms with E-state index in [2.05, 4.69) is 11.4 Å². The average Bonchev–Trinajstić information content (AvgIpc) is 2.79. The molecule has 1 N–H and O–H groups in total. The van der Waals surface area contributed by atoms with Crippen LogP contribution in [0.2, 0.25) is 0 Å². The van der Waals surface area contributed by atoms with Crippen LogP contribution in [0.5, 0.6) is 0 Å². The predicted octanol–water partition coefficient (Wildman–Crippen LogP) is 2.08. The second kappa shape index (κ2) is 4.67. The number of carbonyl (C=O) groups excluding carboxylic acids is 1. The minimum absolute atomic E-state index is 0.0875. The van der Waals surface area contributed by atoms with E-state index in [1.165, 1.54) is 0 Å². The number of anilines is 1. The van der Waals surface area contributed by atoms with Gasteiger partial charge in [0.1, 0.15) is 17.9 Å². The van der Waals surface area contributed by atoms with E-state index < -0.39 is 0 Å². The highest BCUT2D eigenvalue weighted by Gasteiger charge is 2.31. The minimum atomic E-state index is -0.263. The summed E-state index contributed by atoms with van der Waals surface area (Å²) in [6.45, 7) is 1.96. The lowest BCUT2D eigenvalue weighted by atomic mass is 10.0. The zero-order valence-electron chi connectivity index (χ0n) is 12.2. The lowest BCUT2D eigenvalue weighted by molar-refractivity contribution is 0.0928. The number of hydrogen-bond acceptors (Lipinski definition) is 3. The fourth-order valence-corrected chi connectivity index (χ4v) is 2.80. The van der Waals surface area contributed by atoms with Gasteiger partial charge in [-0.3, -0.25) is 4.79 Å². The highest BCUT2D eigenvalue weighted by atomic mass is 16.2. The van der Waals surface area contributed by atoms with Crippen molar-refractivity contribution in [2.75, 3.05) is 11.9 Å². The molecule has 0 fully saturated rings. The van der Waals surface area contributed by atoms with Crippen molar-refractivity contribution in [3.63, 3.8) is 0 Å². The Morgan fingerprint density at radius 3 is 2.67 bits per heavy atom. The average molecular weight is 280 g/mol. The van der Waals surface area contributed by atoms with Gasteiger partial charge in [0.2, 0.25) is 0 Å². The summed E-state index contributed by atoms with van der Waals surface area (Å²) in [7, 11) is 3.80. The standard InChI is InChI=1S/C16H16N4O/c1-10-13(8-11(9-17)19(10)2)15-18-16(21)12-6-4-5-7-14(12)20(15)3/h4-8,15H,1-3H3,(H,18,21)/t15-/m0/s1. The lowest BCUT2D eigenvalue weighted by Crippen LogP contribution is -2.44. The SMILES string of the molecule is Cc1c([C@H]2NC(=O)c3ccccc3N2C)cc(C#N)n1C. The van der Waals surface area contributed by atoms with Crippen LogP contribution >= 0.6 is 0 Å². The minimum Gasteiger partial charge on any atom is -0.350 e. The highest BCUT2D eigenvalue weighted by Crippen LogP contribution is 2.33. The molecule has 2 heterocycles. The van der Waals surface area contributed by atoms with E-state index in [-0.39, 0.29) is 12.1 Å². The molecule has 0 radical (unpaired) electrons. The van der Waals surface area contributed by atoms with Crippen molar-refractivity contribution in [3.05, 3.63) is 52.8 Å². The maximum Gasteiger partial charge on any atom is 0.255 e. The third-order valence-corrected chi connectivity index (χ3v) is 4.17. The summed E-state index contributed by atoms with van der Waals surface area (Å²) >= 11 is 0. The van der Waals surface area contributed by atoms with Gasteiger partial charge in [0.15, 0.2) is 0 Å². The summed E-state index contributed by atoms with van der Waals surface area (Å²) in [5.41, 5.74) is 4.07. The van der Waals surface area contributed by atoms with Crippen LogP contribution in [0.1, 0.15) is 33.5 Å². The molecule has 1 atom stereocenters. The van der Waals surface area contributed by atoms with Crippen LogP contribution in [0, 0.1) is 18.3 Å². The molecule has 2 aromatic rings. The number of rotatable bonds is 1. The lowest BCUT2D eigenvalue weighted by Gasteiger charge is -2.36. The van der Waals surface area contributed by atoms with Crippen molar-refractivity contribution in [2.24, 2.45) is 7.05 Å². The van der Waals surface area contributed by atoms with Crippen LogP contribution in [-0.4, -0.2) is 17.5 Å². The molecule has 3 rings (SSSR count). The fourth-order valence-electron chi connectivity index (χ4n) is 2.80. The first-order chi connectivity index (χ1) is 10.0. The summed E-state index contributed by atoms with van der Waals surface area (Å²) in [5.74, 6) is -0.0875. The Morgan fingerprint density at radius 2 is 2.00 bits per heavy atom. The number of hydrogen-bond donors (Lipinski definition) is 1. The van der Waals surface area contributed by atoms with E-state index in [0.717, 1.165) is 16.9 Å². The molecule has 0 unspecified atom stereocenters. The van der Waals surface area contributed by atoms with Crippen molar-refractivity contribution in [1.29, 1.82) is 5.26 Å². The highest BCUT2D eigenvalue weighted by molar-refractivity contribution is 6.02. The van der Waals surface area contributed by atoms with Crippen LogP contribution in [0.3, 0.4) is 0 Å². The van der Waals surface area contributed by atoms with Crippen molar-refractivity contribution in [2.45, 2.75) is 13.1 Å². The summed E-state index contributed by atoms with van der Waals surface area (Å²) in [5, 5.41) is 12.2. The first-order valence-electron chi connectivity index (χ1n) is 6.73. The maximum atomic E-state index is 12.3. The van der Waals surface area contributed by atoms with Crippen LogP contribution in [0.15, 0.2) is 30.3 Å².